The van der Waals surface area contributed by atoms with Gasteiger partial charge in [0.05, 0.1) is 33.9 Å². The number of aliphatic imine (C=N–C) groups is 1. The van der Waals surface area contributed by atoms with Crippen molar-refractivity contribution in [3.8, 4) is 11.9 Å². The number of alkyl halides is 6. The molecular weight excluding hydrogens is 593 g/mol. The molecule has 0 saturated carbocycles. The molecule has 214 valence electrons. The Morgan fingerprint density at radius 1 is 1.23 bits per heavy atom. The SMILES string of the molecule is CCN(C(=O)CO)C1CN(C(=Nc2cc(C(F)(F)F)ccc2OC(F)(F)F)NC#N)N=C1c1ccc(Cl)c(Cl)c1. The first-order valence-corrected chi connectivity index (χ1v) is 11.9. The van der Waals surface area contributed by atoms with E-state index in [1.54, 1.807) is 6.92 Å². The molecule has 1 amide bonds. The second kappa shape index (κ2) is 12.2. The van der Waals surface area contributed by atoms with E-state index in [-0.39, 0.29) is 28.8 Å². The highest BCUT2D eigenvalue weighted by Crippen LogP contribution is 2.39. The van der Waals surface area contributed by atoms with Gasteiger partial charge in [-0.3, -0.25) is 10.1 Å². The minimum atomic E-state index is -5.27. The fourth-order valence-corrected chi connectivity index (χ4v) is 4.04. The van der Waals surface area contributed by atoms with E-state index in [0.717, 1.165) is 5.01 Å². The second-order valence-corrected chi connectivity index (χ2v) is 8.76. The molecule has 17 heteroatoms. The maximum atomic E-state index is 13.3. The van der Waals surface area contributed by atoms with E-state index in [2.05, 4.69) is 20.1 Å². The van der Waals surface area contributed by atoms with Gasteiger partial charge in [-0.05, 0) is 37.3 Å². The van der Waals surface area contributed by atoms with Crippen LogP contribution < -0.4 is 10.1 Å². The molecule has 2 aromatic carbocycles. The zero-order valence-corrected chi connectivity index (χ0v) is 21.7. The summed E-state index contributed by atoms with van der Waals surface area (Å²) in [5.74, 6) is -2.36. The zero-order chi connectivity index (χ0) is 29.8. The second-order valence-electron chi connectivity index (χ2n) is 7.95. The summed E-state index contributed by atoms with van der Waals surface area (Å²) in [5.41, 5.74) is -1.74. The number of carbonyl (C=O) groups excluding carboxylic acids is 1. The van der Waals surface area contributed by atoms with Crippen LogP contribution >= 0.6 is 23.2 Å². The molecule has 0 aliphatic carbocycles. The van der Waals surface area contributed by atoms with Crippen molar-refractivity contribution < 1.29 is 41.0 Å². The van der Waals surface area contributed by atoms with Gasteiger partial charge in [0.15, 0.2) is 11.9 Å². The standard InChI is InChI=1S/C23H18Cl2F6N6O3/c1-2-36(19(39)10-38)17-9-37(35-20(17)12-3-5-14(24)15(25)7-12)21(33-11-32)34-16-8-13(22(26,27)28)4-6-18(16)40-23(29,30)31/h3-8,17,38H,2,9-10H2,1H3,(H,33,34). The number of likely N-dealkylation sites (N-methyl/N-ethyl adjacent to an activating group) is 1. The van der Waals surface area contributed by atoms with Crippen molar-refractivity contribution in [2.45, 2.75) is 25.5 Å². The molecule has 1 unspecified atom stereocenters. The molecule has 0 fully saturated rings. The predicted molar refractivity (Wildman–Crippen MR) is 132 cm³/mol. The Kier molecular flexibility index (Phi) is 9.39. The highest BCUT2D eigenvalue weighted by Gasteiger charge is 2.38. The van der Waals surface area contributed by atoms with Gasteiger partial charge < -0.3 is 14.7 Å². The minimum absolute atomic E-state index is 0.0770. The van der Waals surface area contributed by atoms with Gasteiger partial charge in [0.1, 0.15) is 12.3 Å². The van der Waals surface area contributed by atoms with Gasteiger partial charge in [0.25, 0.3) is 0 Å². The van der Waals surface area contributed by atoms with Crippen LogP contribution in [-0.2, 0) is 11.0 Å². The predicted octanol–water partition coefficient (Wildman–Crippen LogP) is 4.90. The van der Waals surface area contributed by atoms with Crippen LogP contribution in [0, 0.1) is 11.5 Å². The largest absolute Gasteiger partial charge is 0.573 e. The average Bonchev–Trinajstić information content (AvgIpc) is 3.30. The van der Waals surface area contributed by atoms with Crippen molar-refractivity contribution in [2.24, 2.45) is 10.1 Å². The number of halogens is 8. The fourth-order valence-electron chi connectivity index (χ4n) is 3.74. The number of guanidine groups is 1. The highest BCUT2D eigenvalue weighted by molar-refractivity contribution is 6.42. The first-order chi connectivity index (χ1) is 18.7. The molecule has 0 radical (unpaired) electrons. The minimum Gasteiger partial charge on any atom is -0.403 e. The summed E-state index contributed by atoms with van der Waals surface area (Å²) in [5, 5.41) is 26.4. The monoisotopic (exact) mass is 610 g/mol. The lowest BCUT2D eigenvalue weighted by molar-refractivity contribution is -0.274. The molecule has 1 aliphatic heterocycles. The number of hydrogen-bond donors (Lipinski definition) is 2. The molecule has 2 aromatic rings. The lowest BCUT2D eigenvalue weighted by atomic mass is 10.0. The number of hydrazone groups is 1. The van der Waals surface area contributed by atoms with Crippen LogP contribution in [0.15, 0.2) is 46.5 Å². The number of amides is 1. The Bertz CT molecular complexity index is 1380. The zero-order valence-electron chi connectivity index (χ0n) is 20.2. The van der Waals surface area contributed by atoms with Crippen LogP contribution in [0.1, 0.15) is 18.1 Å². The van der Waals surface area contributed by atoms with Gasteiger partial charge in [-0.2, -0.15) is 23.5 Å². The number of benzene rings is 2. The van der Waals surface area contributed by atoms with Gasteiger partial charge in [0, 0.05) is 12.1 Å². The van der Waals surface area contributed by atoms with Crippen LogP contribution in [0.25, 0.3) is 0 Å². The van der Waals surface area contributed by atoms with Crippen molar-refractivity contribution in [1.82, 2.24) is 15.2 Å². The Hall–Kier alpha value is -3.74. The van der Waals surface area contributed by atoms with E-state index in [1.807, 2.05) is 0 Å². The van der Waals surface area contributed by atoms with Gasteiger partial charge >= 0.3 is 12.5 Å². The van der Waals surface area contributed by atoms with Crippen LogP contribution in [-0.4, -0.2) is 64.7 Å². The number of nitrogens with one attached hydrogen (secondary N) is 1. The number of carbonyl (C=O) groups is 1. The van der Waals surface area contributed by atoms with E-state index in [0.29, 0.717) is 23.8 Å². The molecule has 0 aromatic heterocycles. The third-order valence-corrected chi connectivity index (χ3v) is 6.17. The van der Waals surface area contributed by atoms with Crippen molar-refractivity contribution in [2.75, 3.05) is 19.7 Å². The number of ether oxygens (including phenoxy) is 1. The summed E-state index contributed by atoms with van der Waals surface area (Å²) < 4.78 is 82.7. The Labute approximate surface area is 232 Å². The number of aliphatic hydroxyl groups excluding tert-OH is 1. The fraction of sp³-hybridized carbons (Fsp3) is 0.304. The maximum absolute atomic E-state index is 13.3. The summed E-state index contributed by atoms with van der Waals surface area (Å²) in [7, 11) is 0. The van der Waals surface area contributed by atoms with Crippen LogP contribution in [0.2, 0.25) is 10.0 Å². The van der Waals surface area contributed by atoms with E-state index in [4.69, 9.17) is 23.2 Å². The van der Waals surface area contributed by atoms with Crippen molar-refractivity contribution in [3.05, 3.63) is 57.6 Å². The number of hydrogen-bond acceptors (Lipinski definition) is 6. The summed E-state index contributed by atoms with van der Waals surface area (Å²) in [6.07, 6.45) is -8.70. The lowest BCUT2D eigenvalue weighted by Crippen LogP contribution is -2.49. The molecule has 9 nitrogen and oxygen atoms in total. The molecule has 40 heavy (non-hydrogen) atoms. The summed E-state index contributed by atoms with van der Waals surface area (Å²) in [6, 6.07) is 4.59. The quantitative estimate of drug-likeness (QED) is 0.158. The molecular formula is C23H18Cl2F6N6O3. The molecule has 1 atom stereocenters. The molecule has 0 bridgehead atoms. The molecule has 3 rings (SSSR count). The van der Waals surface area contributed by atoms with E-state index in [9.17, 15) is 41.5 Å². The Morgan fingerprint density at radius 3 is 2.48 bits per heavy atom. The maximum Gasteiger partial charge on any atom is 0.573 e. The van der Waals surface area contributed by atoms with E-state index in [1.165, 1.54) is 29.3 Å². The van der Waals surface area contributed by atoms with Gasteiger partial charge in [-0.25, -0.2) is 10.0 Å². The Balaban J connectivity index is 2.18. The molecule has 0 saturated heterocycles. The third-order valence-electron chi connectivity index (χ3n) is 5.43. The first-order valence-electron chi connectivity index (χ1n) is 11.1. The third kappa shape index (κ3) is 7.26. The average molecular weight is 611 g/mol. The van der Waals surface area contributed by atoms with Crippen molar-refractivity contribution >= 4 is 46.5 Å². The molecule has 0 spiro atoms. The topological polar surface area (TPSA) is 114 Å². The smallest absolute Gasteiger partial charge is 0.403 e. The first kappa shape index (κ1) is 30.8. The van der Waals surface area contributed by atoms with Gasteiger partial charge in [0.2, 0.25) is 11.9 Å². The van der Waals surface area contributed by atoms with E-state index < -0.39 is 54.1 Å². The van der Waals surface area contributed by atoms with Gasteiger partial charge in [-0.15, -0.1) is 13.2 Å². The Morgan fingerprint density at radius 2 is 1.93 bits per heavy atom. The summed E-state index contributed by atoms with van der Waals surface area (Å²) in [6.45, 7) is 0.554. The van der Waals surface area contributed by atoms with Crippen LogP contribution in [0.4, 0.5) is 32.0 Å². The summed E-state index contributed by atoms with van der Waals surface area (Å²) >= 11 is 12.1. The number of nitriles is 1. The lowest BCUT2D eigenvalue weighted by Gasteiger charge is -2.28. The van der Waals surface area contributed by atoms with Crippen molar-refractivity contribution in [1.29, 1.82) is 5.26 Å². The number of rotatable bonds is 6. The number of nitrogens with zero attached hydrogens (tertiary/aromatic N) is 5. The molecule has 1 aliphatic rings. The molecule has 2 N–H and O–H groups in total. The molecule has 1 heterocycles. The van der Waals surface area contributed by atoms with Crippen LogP contribution in [0.3, 0.4) is 0 Å². The number of aliphatic hydroxyl groups is 1. The van der Waals surface area contributed by atoms with Gasteiger partial charge in [-0.1, -0.05) is 29.3 Å². The van der Waals surface area contributed by atoms with Crippen molar-refractivity contribution in [3.63, 3.8) is 0 Å². The normalized spacial score (nSPS) is 15.9. The van der Waals surface area contributed by atoms with E-state index >= 15 is 0 Å². The highest BCUT2D eigenvalue weighted by atomic mass is 35.5. The summed E-state index contributed by atoms with van der Waals surface area (Å²) in [4.78, 5) is 17.5. The van der Waals surface area contributed by atoms with Crippen LogP contribution in [0.5, 0.6) is 5.75 Å².